The van der Waals surface area contributed by atoms with Crippen LogP contribution in [0.15, 0.2) is 54.7 Å². The van der Waals surface area contributed by atoms with Crippen molar-refractivity contribution in [2.45, 2.75) is 6.54 Å². The zero-order chi connectivity index (χ0) is 17.8. The molecule has 2 aromatic heterocycles. The molecular formula is C17H12Cl2N4O2. The highest BCUT2D eigenvalue weighted by molar-refractivity contribution is 6.33. The molecule has 6 nitrogen and oxygen atoms in total. The molecular weight excluding hydrogens is 363 g/mol. The number of halogens is 2. The summed E-state index contributed by atoms with van der Waals surface area (Å²) >= 11 is 11.8. The van der Waals surface area contributed by atoms with Crippen molar-refractivity contribution < 1.29 is 9.90 Å². The van der Waals surface area contributed by atoms with Crippen LogP contribution in [-0.4, -0.2) is 26.2 Å². The number of anilines is 1. The van der Waals surface area contributed by atoms with Crippen LogP contribution in [0.1, 0.15) is 5.56 Å². The Kier molecular flexibility index (Phi) is 5.11. The first-order chi connectivity index (χ1) is 12.0. The Morgan fingerprint density at radius 1 is 1.04 bits per heavy atom. The Hall–Kier alpha value is -2.70. The van der Waals surface area contributed by atoms with Gasteiger partial charge in [-0.2, -0.15) is 0 Å². The Balaban J connectivity index is 1.92. The molecule has 2 heterocycles. The molecule has 3 aromatic rings. The molecule has 1 aromatic carbocycles. The summed E-state index contributed by atoms with van der Waals surface area (Å²) in [6.45, 7) is 0.156. The standard InChI is InChI=1S/C17H12Cl2N4O2/c18-14-9-15(19)22-16(21-14)13-8-11(6-7-20-13)10-23(17(24)25)12-4-2-1-3-5-12/h1-9H,10H2,(H,24,25). The summed E-state index contributed by atoms with van der Waals surface area (Å²) in [7, 11) is 0. The van der Waals surface area contributed by atoms with Crippen LogP contribution in [-0.2, 0) is 6.54 Å². The van der Waals surface area contributed by atoms with Gasteiger partial charge in [0.25, 0.3) is 0 Å². The predicted molar refractivity (Wildman–Crippen MR) is 95.9 cm³/mol. The zero-order valence-electron chi connectivity index (χ0n) is 12.8. The van der Waals surface area contributed by atoms with Crippen molar-refractivity contribution in [3.05, 3.63) is 70.6 Å². The average Bonchev–Trinajstić information content (AvgIpc) is 2.59. The average molecular weight is 375 g/mol. The first-order valence-electron chi connectivity index (χ1n) is 7.24. The Bertz CT molecular complexity index is 886. The van der Waals surface area contributed by atoms with Crippen molar-refractivity contribution in [1.29, 1.82) is 0 Å². The number of nitrogens with zero attached hydrogens (tertiary/aromatic N) is 4. The number of para-hydroxylation sites is 1. The van der Waals surface area contributed by atoms with Crippen molar-refractivity contribution in [3.63, 3.8) is 0 Å². The zero-order valence-corrected chi connectivity index (χ0v) is 14.3. The number of aromatic nitrogens is 3. The highest BCUT2D eigenvalue weighted by atomic mass is 35.5. The van der Waals surface area contributed by atoms with Crippen molar-refractivity contribution in [3.8, 4) is 11.5 Å². The number of pyridine rings is 1. The molecule has 25 heavy (non-hydrogen) atoms. The largest absolute Gasteiger partial charge is 0.465 e. The highest BCUT2D eigenvalue weighted by Crippen LogP contribution is 2.21. The van der Waals surface area contributed by atoms with Crippen LogP contribution in [0.5, 0.6) is 0 Å². The van der Waals surface area contributed by atoms with Gasteiger partial charge in [0, 0.05) is 18.0 Å². The van der Waals surface area contributed by atoms with E-state index in [2.05, 4.69) is 15.0 Å². The molecule has 0 aliphatic rings. The minimum Gasteiger partial charge on any atom is -0.465 e. The molecule has 0 aliphatic heterocycles. The van der Waals surface area contributed by atoms with E-state index in [0.29, 0.717) is 11.4 Å². The third-order valence-corrected chi connectivity index (χ3v) is 3.74. The quantitative estimate of drug-likeness (QED) is 0.678. The lowest BCUT2D eigenvalue weighted by Crippen LogP contribution is -2.28. The molecule has 0 fully saturated rings. The third-order valence-electron chi connectivity index (χ3n) is 3.36. The second-order valence-electron chi connectivity index (χ2n) is 5.09. The van der Waals surface area contributed by atoms with Crippen LogP contribution in [0.25, 0.3) is 11.5 Å². The first-order valence-corrected chi connectivity index (χ1v) is 7.99. The molecule has 126 valence electrons. The van der Waals surface area contributed by atoms with E-state index in [1.165, 1.54) is 11.0 Å². The molecule has 8 heteroatoms. The third kappa shape index (κ3) is 4.23. The van der Waals surface area contributed by atoms with E-state index in [1.54, 1.807) is 42.6 Å². The van der Waals surface area contributed by atoms with Gasteiger partial charge in [0.15, 0.2) is 5.82 Å². The van der Waals surface area contributed by atoms with E-state index in [4.69, 9.17) is 23.2 Å². The van der Waals surface area contributed by atoms with Crippen molar-refractivity contribution >= 4 is 35.0 Å². The summed E-state index contributed by atoms with van der Waals surface area (Å²) in [5.41, 5.74) is 1.77. The smallest absolute Gasteiger partial charge is 0.412 e. The maximum absolute atomic E-state index is 11.6. The summed E-state index contributed by atoms with van der Waals surface area (Å²) < 4.78 is 0. The lowest BCUT2D eigenvalue weighted by atomic mass is 10.2. The first kappa shape index (κ1) is 17.1. The molecule has 0 atom stereocenters. The number of benzene rings is 1. The lowest BCUT2D eigenvalue weighted by molar-refractivity contribution is 0.201. The van der Waals surface area contributed by atoms with Crippen LogP contribution in [0.4, 0.5) is 10.5 Å². The van der Waals surface area contributed by atoms with Gasteiger partial charge >= 0.3 is 6.09 Å². The molecule has 0 saturated heterocycles. The van der Waals surface area contributed by atoms with Crippen LogP contribution in [0.2, 0.25) is 10.3 Å². The second kappa shape index (κ2) is 7.46. The van der Waals surface area contributed by atoms with Crippen molar-refractivity contribution in [2.24, 2.45) is 0 Å². The van der Waals surface area contributed by atoms with Gasteiger partial charge in [-0.3, -0.25) is 9.88 Å². The molecule has 0 unspecified atom stereocenters. The highest BCUT2D eigenvalue weighted by Gasteiger charge is 2.15. The summed E-state index contributed by atoms with van der Waals surface area (Å²) in [5, 5.41) is 9.91. The SMILES string of the molecule is O=C(O)N(Cc1ccnc(-c2nc(Cl)cc(Cl)n2)c1)c1ccccc1. The lowest BCUT2D eigenvalue weighted by Gasteiger charge is -2.19. The molecule has 0 aliphatic carbocycles. The van der Waals surface area contributed by atoms with Gasteiger partial charge in [-0.15, -0.1) is 0 Å². The maximum atomic E-state index is 11.6. The van der Waals surface area contributed by atoms with Crippen molar-refractivity contribution in [1.82, 2.24) is 15.0 Å². The summed E-state index contributed by atoms with van der Waals surface area (Å²) in [4.78, 5) is 25.2. The second-order valence-corrected chi connectivity index (χ2v) is 5.87. The van der Waals surface area contributed by atoms with Gasteiger partial charge in [-0.1, -0.05) is 41.4 Å². The Morgan fingerprint density at radius 3 is 2.36 bits per heavy atom. The van der Waals surface area contributed by atoms with Gasteiger partial charge in [-0.25, -0.2) is 14.8 Å². The number of carboxylic acid groups (broad SMARTS) is 1. The topological polar surface area (TPSA) is 79.2 Å². The van der Waals surface area contributed by atoms with E-state index in [9.17, 15) is 9.90 Å². The van der Waals surface area contributed by atoms with E-state index >= 15 is 0 Å². The number of hydrogen-bond donors (Lipinski definition) is 1. The van der Waals surface area contributed by atoms with Crippen LogP contribution in [0.3, 0.4) is 0 Å². The molecule has 0 saturated carbocycles. The summed E-state index contributed by atoms with van der Waals surface area (Å²) in [6, 6.07) is 13.7. The van der Waals surface area contributed by atoms with Gasteiger partial charge in [-0.05, 0) is 29.8 Å². The van der Waals surface area contributed by atoms with Gasteiger partial charge in [0.1, 0.15) is 16.0 Å². The molecule has 3 rings (SSSR count). The Morgan fingerprint density at radius 2 is 1.72 bits per heavy atom. The number of carbonyl (C=O) groups is 1. The monoisotopic (exact) mass is 374 g/mol. The molecule has 0 spiro atoms. The van der Waals surface area contributed by atoms with Crippen LogP contribution in [0, 0.1) is 0 Å². The molecule has 0 bridgehead atoms. The fourth-order valence-electron chi connectivity index (χ4n) is 2.26. The van der Waals surface area contributed by atoms with E-state index in [1.807, 2.05) is 6.07 Å². The van der Waals surface area contributed by atoms with Gasteiger partial charge in [0.05, 0.1) is 6.54 Å². The van der Waals surface area contributed by atoms with Crippen LogP contribution >= 0.6 is 23.2 Å². The minimum absolute atomic E-state index is 0.156. The number of rotatable bonds is 4. The van der Waals surface area contributed by atoms with Crippen molar-refractivity contribution in [2.75, 3.05) is 4.90 Å². The molecule has 1 N–H and O–H groups in total. The number of hydrogen-bond acceptors (Lipinski definition) is 4. The fourth-order valence-corrected chi connectivity index (χ4v) is 2.68. The summed E-state index contributed by atoms with van der Waals surface area (Å²) in [6.07, 6.45) is 0.514. The van der Waals surface area contributed by atoms with Gasteiger partial charge in [0.2, 0.25) is 0 Å². The Labute approximate surface area is 153 Å². The molecule has 1 amide bonds. The van der Waals surface area contributed by atoms with E-state index < -0.39 is 6.09 Å². The fraction of sp³-hybridized carbons (Fsp3) is 0.0588. The van der Waals surface area contributed by atoms with Crippen LogP contribution < -0.4 is 4.90 Å². The normalized spacial score (nSPS) is 10.5. The van der Waals surface area contributed by atoms with E-state index in [-0.39, 0.29) is 22.7 Å². The van der Waals surface area contributed by atoms with E-state index in [0.717, 1.165) is 5.56 Å². The number of amides is 1. The predicted octanol–water partition coefficient (Wildman–Crippen LogP) is 4.53. The maximum Gasteiger partial charge on any atom is 0.412 e. The minimum atomic E-state index is -1.05. The summed E-state index contributed by atoms with van der Waals surface area (Å²) in [5.74, 6) is 0.279. The van der Waals surface area contributed by atoms with Gasteiger partial charge < -0.3 is 5.11 Å². The molecule has 0 radical (unpaired) electrons.